The third-order valence-electron chi connectivity index (χ3n) is 4.22. The number of thioether (sulfide) groups is 1. The van der Waals surface area contributed by atoms with Gasteiger partial charge in [0.2, 0.25) is 11.8 Å². The van der Waals surface area contributed by atoms with Crippen molar-refractivity contribution in [3.05, 3.63) is 60.2 Å². The predicted octanol–water partition coefficient (Wildman–Crippen LogP) is 3.36. The average molecular weight is 412 g/mol. The van der Waals surface area contributed by atoms with Crippen LogP contribution >= 0.6 is 11.8 Å². The van der Waals surface area contributed by atoms with Crippen molar-refractivity contribution in [3.63, 3.8) is 0 Å². The van der Waals surface area contributed by atoms with E-state index in [-0.39, 0.29) is 24.7 Å². The van der Waals surface area contributed by atoms with Crippen molar-refractivity contribution in [2.45, 2.75) is 18.6 Å². The number of carbonyl (C=O) groups is 4. The van der Waals surface area contributed by atoms with Crippen molar-refractivity contribution in [2.24, 2.45) is 0 Å². The Kier molecular flexibility index (Phi) is 6.66. The van der Waals surface area contributed by atoms with Crippen molar-refractivity contribution in [3.8, 4) is 5.75 Å². The summed E-state index contributed by atoms with van der Waals surface area (Å²) in [5, 5.41) is 1.34. The maximum atomic E-state index is 12.5. The van der Waals surface area contributed by atoms with Crippen LogP contribution in [-0.2, 0) is 9.59 Å². The highest BCUT2D eigenvalue weighted by Crippen LogP contribution is 2.30. The summed E-state index contributed by atoms with van der Waals surface area (Å²) in [7, 11) is 0. The monoisotopic (exact) mass is 412 g/mol. The van der Waals surface area contributed by atoms with Gasteiger partial charge in [-0.1, -0.05) is 42.1 Å². The minimum absolute atomic E-state index is 0.154. The van der Waals surface area contributed by atoms with Gasteiger partial charge < -0.3 is 10.1 Å². The van der Waals surface area contributed by atoms with E-state index < -0.39 is 16.4 Å². The number of rotatable bonds is 8. The van der Waals surface area contributed by atoms with E-state index in [0.717, 1.165) is 16.7 Å². The van der Waals surface area contributed by atoms with Crippen LogP contribution in [0, 0.1) is 0 Å². The Bertz CT molecular complexity index is 914. The van der Waals surface area contributed by atoms with Crippen LogP contribution in [0.4, 0.5) is 10.5 Å². The first-order valence-electron chi connectivity index (χ1n) is 9.11. The summed E-state index contributed by atoms with van der Waals surface area (Å²) in [5.41, 5.74) is 0.992. The van der Waals surface area contributed by atoms with Gasteiger partial charge in [-0.2, -0.15) is 0 Å². The number of hydrogen-bond donors (Lipinski definition) is 1. The molecule has 0 saturated carbocycles. The minimum Gasteiger partial charge on any atom is -0.494 e. The molecule has 8 heteroatoms. The number of carbonyl (C=O) groups excluding carboxylic acids is 4. The van der Waals surface area contributed by atoms with Gasteiger partial charge in [-0.05, 0) is 31.2 Å². The second kappa shape index (κ2) is 9.38. The predicted molar refractivity (Wildman–Crippen MR) is 110 cm³/mol. The summed E-state index contributed by atoms with van der Waals surface area (Å²) in [5.74, 6) is -0.543. The highest BCUT2D eigenvalue weighted by atomic mass is 32.2. The molecule has 1 N–H and O–H groups in total. The Labute approximate surface area is 172 Å². The van der Waals surface area contributed by atoms with Crippen molar-refractivity contribution < 1.29 is 23.9 Å². The van der Waals surface area contributed by atoms with Gasteiger partial charge in [0.15, 0.2) is 5.78 Å². The molecule has 1 aliphatic rings. The molecule has 0 spiro atoms. The first kappa shape index (κ1) is 20.6. The van der Waals surface area contributed by atoms with Gasteiger partial charge in [-0.3, -0.25) is 24.1 Å². The molecular formula is C21H20N2O5S. The lowest BCUT2D eigenvalue weighted by molar-refractivity contribution is -0.128. The number of amides is 3. The Morgan fingerprint density at radius 2 is 1.76 bits per heavy atom. The Hall–Kier alpha value is -3.13. The van der Waals surface area contributed by atoms with Gasteiger partial charge in [0.05, 0.1) is 13.2 Å². The number of ether oxygens (including phenoxy) is 1. The molecule has 0 bridgehead atoms. The third kappa shape index (κ3) is 5.23. The van der Waals surface area contributed by atoms with Crippen LogP contribution in [0.25, 0.3) is 0 Å². The summed E-state index contributed by atoms with van der Waals surface area (Å²) < 4.78 is 5.34. The highest BCUT2D eigenvalue weighted by molar-refractivity contribution is 8.15. The molecule has 0 radical (unpaired) electrons. The number of nitrogens with zero attached hydrogens (tertiary/aromatic N) is 1. The van der Waals surface area contributed by atoms with E-state index >= 15 is 0 Å². The molecular weight excluding hydrogens is 392 g/mol. The Balaban J connectivity index is 1.56. The van der Waals surface area contributed by atoms with E-state index in [1.54, 1.807) is 54.6 Å². The van der Waals surface area contributed by atoms with Crippen LogP contribution in [0.5, 0.6) is 5.75 Å². The fourth-order valence-electron chi connectivity index (χ4n) is 2.81. The molecule has 1 fully saturated rings. The third-order valence-corrected chi connectivity index (χ3v) is 5.30. The van der Waals surface area contributed by atoms with Crippen LogP contribution in [0.3, 0.4) is 0 Å². The maximum Gasteiger partial charge on any atom is 0.289 e. The normalized spacial score (nSPS) is 16.0. The fraction of sp³-hybridized carbons (Fsp3) is 0.238. The van der Waals surface area contributed by atoms with E-state index in [1.807, 2.05) is 6.92 Å². The Morgan fingerprint density at radius 1 is 1.07 bits per heavy atom. The molecule has 3 amide bonds. The number of imide groups is 1. The lowest BCUT2D eigenvalue weighted by Gasteiger charge is -2.13. The van der Waals surface area contributed by atoms with Crippen LogP contribution < -0.4 is 10.1 Å². The van der Waals surface area contributed by atoms with E-state index in [1.165, 1.54) is 0 Å². The van der Waals surface area contributed by atoms with Crippen LogP contribution in [0.2, 0.25) is 0 Å². The molecule has 7 nitrogen and oxygen atoms in total. The quantitative estimate of drug-likeness (QED) is 0.669. The minimum atomic E-state index is -0.839. The van der Waals surface area contributed by atoms with E-state index in [9.17, 15) is 19.2 Å². The van der Waals surface area contributed by atoms with Gasteiger partial charge in [0.25, 0.3) is 5.24 Å². The number of ketones is 1. The molecule has 1 heterocycles. The van der Waals surface area contributed by atoms with E-state index in [4.69, 9.17) is 4.74 Å². The second-order valence-electron chi connectivity index (χ2n) is 6.30. The summed E-state index contributed by atoms with van der Waals surface area (Å²) in [6, 6.07) is 15.3. The van der Waals surface area contributed by atoms with E-state index in [0.29, 0.717) is 23.6 Å². The van der Waals surface area contributed by atoms with Gasteiger partial charge in [-0.15, -0.1) is 0 Å². The molecule has 2 aromatic carbocycles. The zero-order valence-electron chi connectivity index (χ0n) is 15.8. The molecule has 0 unspecified atom stereocenters. The Morgan fingerprint density at radius 3 is 2.41 bits per heavy atom. The van der Waals surface area contributed by atoms with Crippen LogP contribution in [0.1, 0.15) is 23.7 Å². The summed E-state index contributed by atoms with van der Waals surface area (Å²) >= 11 is 0.771. The topological polar surface area (TPSA) is 92.8 Å². The first-order chi connectivity index (χ1) is 14.0. The smallest absolute Gasteiger partial charge is 0.289 e. The molecule has 150 valence electrons. The maximum absolute atomic E-state index is 12.5. The van der Waals surface area contributed by atoms with Crippen molar-refractivity contribution in [1.29, 1.82) is 0 Å². The summed E-state index contributed by atoms with van der Waals surface area (Å²) in [4.78, 5) is 50.2. The van der Waals surface area contributed by atoms with E-state index in [2.05, 4.69) is 5.32 Å². The standard InChI is InChI=1S/C21H20N2O5S/c1-2-28-16-10-8-15(9-11-16)22-19(25)12-18-20(26)23(21(27)29-18)13-17(24)14-6-4-3-5-7-14/h3-11,18H,2,12-13H2,1H3,(H,22,25)/t18-/m1/s1. The molecule has 1 aliphatic heterocycles. The van der Waals surface area contributed by atoms with Gasteiger partial charge in [0.1, 0.15) is 11.0 Å². The first-order valence-corrected chi connectivity index (χ1v) is 9.99. The average Bonchev–Trinajstić information content (AvgIpc) is 2.97. The van der Waals surface area contributed by atoms with Crippen LogP contribution in [-0.4, -0.2) is 46.1 Å². The SMILES string of the molecule is CCOc1ccc(NC(=O)C[C@H]2SC(=O)N(CC(=O)c3ccccc3)C2=O)cc1. The zero-order chi connectivity index (χ0) is 20.8. The lowest BCUT2D eigenvalue weighted by Crippen LogP contribution is -2.36. The number of hydrogen-bond acceptors (Lipinski definition) is 6. The molecule has 29 heavy (non-hydrogen) atoms. The molecule has 1 saturated heterocycles. The summed E-state index contributed by atoms with van der Waals surface area (Å²) in [6.45, 7) is 2.10. The fourth-order valence-corrected chi connectivity index (χ4v) is 3.80. The molecule has 0 aromatic heterocycles. The highest BCUT2D eigenvalue weighted by Gasteiger charge is 2.41. The molecule has 2 aromatic rings. The van der Waals surface area contributed by atoms with Crippen molar-refractivity contribution >= 4 is 40.3 Å². The lowest BCUT2D eigenvalue weighted by atomic mass is 10.1. The van der Waals surface area contributed by atoms with Gasteiger partial charge >= 0.3 is 0 Å². The van der Waals surface area contributed by atoms with Crippen LogP contribution in [0.15, 0.2) is 54.6 Å². The van der Waals surface area contributed by atoms with Crippen molar-refractivity contribution in [2.75, 3.05) is 18.5 Å². The number of benzene rings is 2. The van der Waals surface area contributed by atoms with Gasteiger partial charge in [-0.25, -0.2) is 0 Å². The largest absolute Gasteiger partial charge is 0.494 e. The molecule has 0 aliphatic carbocycles. The van der Waals surface area contributed by atoms with Gasteiger partial charge in [0, 0.05) is 17.7 Å². The number of nitrogens with one attached hydrogen (secondary N) is 1. The second-order valence-corrected chi connectivity index (χ2v) is 7.45. The zero-order valence-corrected chi connectivity index (χ0v) is 16.6. The number of anilines is 1. The molecule has 3 rings (SSSR count). The summed E-state index contributed by atoms with van der Waals surface area (Å²) in [6.07, 6.45) is -0.154. The number of Topliss-reactive ketones (excluding diaryl/α,β-unsaturated/α-hetero) is 1. The van der Waals surface area contributed by atoms with Crippen molar-refractivity contribution in [1.82, 2.24) is 4.90 Å². The molecule has 1 atom stereocenters.